The maximum atomic E-state index is 11.6. The predicted octanol–water partition coefficient (Wildman–Crippen LogP) is 1.19. The van der Waals surface area contributed by atoms with Crippen molar-refractivity contribution < 1.29 is 4.92 Å². The van der Waals surface area contributed by atoms with Crippen LogP contribution in [0.4, 0.5) is 5.69 Å². The molecule has 1 aromatic heterocycles. The van der Waals surface area contributed by atoms with Crippen molar-refractivity contribution in [2.45, 2.75) is 6.54 Å². The molecule has 1 aromatic carbocycles. The van der Waals surface area contributed by atoms with Gasteiger partial charge in [0.05, 0.1) is 11.5 Å². The number of rotatable bonds is 3. The van der Waals surface area contributed by atoms with Crippen molar-refractivity contribution in [3.8, 4) is 0 Å². The SMILES string of the molecule is Cn1cnn(Cc2cc([N+](=O)[O-])ccc2Cl)c1=O. The number of nitro groups is 1. The van der Waals surface area contributed by atoms with E-state index in [1.807, 2.05) is 0 Å². The zero-order valence-corrected chi connectivity index (χ0v) is 10.2. The molecule has 0 radical (unpaired) electrons. The molecule has 0 aliphatic rings. The molecule has 0 aliphatic carbocycles. The number of nitrogens with zero attached hydrogens (tertiary/aromatic N) is 4. The van der Waals surface area contributed by atoms with Gasteiger partial charge in [-0.1, -0.05) is 11.6 Å². The van der Waals surface area contributed by atoms with E-state index in [-0.39, 0.29) is 17.9 Å². The Bertz CT molecular complexity index is 661. The maximum Gasteiger partial charge on any atom is 0.345 e. The molecule has 0 unspecified atom stereocenters. The Kier molecular flexibility index (Phi) is 3.15. The molecule has 0 N–H and O–H groups in total. The summed E-state index contributed by atoms with van der Waals surface area (Å²) in [5.41, 5.74) is 0.0996. The molecule has 94 valence electrons. The highest BCUT2D eigenvalue weighted by molar-refractivity contribution is 6.31. The average molecular weight is 269 g/mol. The number of nitro benzene ring substituents is 1. The highest BCUT2D eigenvalue weighted by Gasteiger charge is 2.11. The van der Waals surface area contributed by atoms with Crippen molar-refractivity contribution in [2.24, 2.45) is 7.05 Å². The van der Waals surface area contributed by atoms with Crippen molar-refractivity contribution in [1.82, 2.24) is 14.3 Å². The Labute approximate surface area is 106 Å². The zero-order chi connectivity index (χ0) is 13.3. The average Bonchev–Trinajstić information content (AvgIpc) is 2.63. The highest BCUT2D eigenvalue weighted by Crippen LogP contribution is 2.22. The van der Waals surface area contributed by atoms with Gasteiger partial charge in [0.25, 0.3) is 5.69 Å². The van der Waals surface area contributed by atoms with E-state index < -0.39 is 4.92 Å². The summed E-state index contributed by atoms with van der Waals surface area (Å²) in [4.78, 5) is 21.7. The number of benzene rings is 1. The van der Waals surface area contributed by atoms with Crippen molar-refractivity contribution in [2.75, 3.05) is 0 Å². The topological polar surface area (TPSA) is 83.0 Å². The highest BCUT2D eigenvalue weighted by atomic mass is 35.5. The lowest BCUT2D eigenvalue weighted by atomic mass is 10.2. The number of hydrogen-bond acceptors (Lipinski definition) is 4. The Morgan fingerprint density at radius 2 is 2.22 bits per heavy atom. The summed E-state index contributed by atoms with van der Waals surface area (Å²) in [7, 11) is 1.57. The van der Waals surface area contributed by atoms with E-state index >= 15 is 0 Å². The molecule has 0 bridgehead atoms. The summed E-state index contributed by atoms with van der Waals surface area (Å²) in [6.07, 6.45) is 1.37. The van der Waals surface area contributed by atoms with Crippen LogP contribution in [0.25, 0.3) is 0 Å². The summed E-state index contributed by atoms with van der Waals surface area (Å²) in [6.45, 7) is 0.0974. The first kappa shape index (κ1) is 12.3. The summed E-state index contributed by atoms with van der Waals surface area (Å²) < 4.78 is 2.50. The summed E-state index contributed by atoms with van der Waals surface area (Å²) in [5.74, 6) is 0. The third-order valence-electron chi connectivity index (χ3n) is 2.45. The van der Waals surface area contributed by atoms with Crippen LogP contribution in [0, 0.1) is 10.1 Å². The van der Waals surface area contributed by atoms with Gasteiger partial charge in [0.15, 0.2) is 0 Å². The van der Waals surface area contributed by atoms with Gasteiger partial charge in [0.1, 0.15) is 6.33 Å². The molecule has 0 atom stereocenters. The van der Waals surface area contributed by atoms with Crippen molar-refractivity contribution in [3.63, 3.8) is 0 Å². The molecule has 0 fully saturated rings. The van der Waals surface area contributed by atoms with Gasteiger partial charge in [-0.3, -0.25) is 14.7 Å². The summed E-state index contributed by atoms with van der Waals surface area (Å²) in [5, 5.41) is 14.9. The van der Waals surface area contributed by atoms with Gasteiger partial charge < -0.3 is 0 Å². The Morgan fingerprint density at radius 1 is 1.50 bits per heavy atom. The predicted molar refractivity (Wildman–Crippen MR) is 64.7 cm³/mol. The number of non-ortho nitro benzene ring substituents is 1. The van der Waals surface area contributed by atoms with Crippen LogP contribution in [-0.2, 0) is 13.6 Å². The fourth-order valence-electron chi connectivity index (χ4n) is 1.49. The Morgan fingerprint density at radius 3 is 2.78 bits per heavy atom. The fourth-order valence-corrected chi connectivity index (χ4v) is 1.66. The minimum atomic E-state index is -0.513. The lowest BCUT2D eigenvalue weighted by Gasteiger charge is -2.03. The van der Waals surface area contributed by atoms with Crippen LogP contribution in [0.5, 0.6) is 0 Å². The van der Waals surface area contributed by atoms with Crippen LogP contribution in [0.3, 0.4) is 0 Å². The molecule has 1 heterocycles. The minimum absolute atomic E-state index is 0.0709. The molecule has 18 heavy (non-hydrogen) atoms. The first-order valence-corrected chi connectivity index (χ1v) is 5.38. The van der Waals surface area contributed by atoms with Gasteiger partial charge in [-0.2, -0.15) is 5.10 Å². The lowest BCUT2D eigenvalue weighted by molar-refractivity contribution is -0.384. The van der Waals surface area contributed by atoms with E-state index in [9.17, 15) is 14.9 Å². The Balaban J connectivity index is 2.39. The third-order valence-corrected chi connectivity index (χ3v) is 2.82. The van der Waals surface area contributed by atoms with E-state index in [1.165, 1.54) is 33.8 Å². The summed E-state index contributed by atoms with van der Waals surface area (Å²) in [6, 6.07) is 4.08. The molecule has 0 amide bonds. The molecule has 7 nitrogen and oxygen atoms in total. The number of halogens is 1. The molecule has 8 heteroatoms. The fraction of sp³-hybridized carbons (Fsp3) is 0.200. The van der Waals surface area contributed by atoms with Crippen LogP contribution in [0.2, 0.25) is 5.02 Å². The van der Waals surface area contributed by atoms with Crippen molar-refractivity contribution in [3.05, 3.63) is 55.7 Å². The van der Waals surface area contributed by atoms with E-state index in [4.69, 9.17) is 11.6 Å². The van der Waals surface area contributed by atoms with Crippen LogP contribution < -0.4 is 5.69 Å². The first-order chi connectivity index (χ1) is 8.49. The van der Waals surface area contributed by atoms with Crippen LogP contribution in [-0.4, -0.2) is 19.3 Å². The van der Waals surface area contributed by atoms with E-state index in [1.54, 1.807) is 7.05 Å². The number of aryl methyl sites for hydroxylation is 1. The second kappa shape index (κ2) is 4.61. The summed E-state index contributed by atoms with van der Waals surface area (Å²) >= 11 is 5.94. The van der Waals surface area contributed by atoms with Gasteiger partial charge >= 0.3 is 5.69 Å². The molecule has 0 saturated heterocycles. The largest absolute Gasteiger partial charge is 0.345 e. The van der Waals surface area contributed by atoms with Gasteiger partial charge in [-0.25, -0.2) is 9.48 Å². The zero-order valence-electron chi connectivity index (χ0n) is 9.41. The standard InChI is InChI=1S/C10H9ClN4O3/c1-13-6-12-14(10(13)16)5-7-4-8(15(17)18)2-3-9(7)11/h2-4,6H,5H2,1H3. The molecular formula is C10H9ClN4O3. The molecule has 0 spiro atoms. The van der Waals surface area contributed by atoms with Gasteiger partial charge in [-0.05, 0) is 11.6 Å². The quantitative estimate of drug-likeness (QED) is 0.618. The second-order valence-corrected chi connectivity index (χ2v) is 4.12. The molecule has 0 aliphatic heterocycles. The Hall–Kier alpha value is -2.15. The van der Waals surface area contributed by atoms with Gasteiger partial charge in [0.2, 0.25) is 0 Å². The van der Waals surface area contributed by atoms with Crippen LogP contribution >= 0.6 is 11.6 Å². The van der Waals surface area contributed by atoms with E-state index in [0.29, 0.717) is 10.6 Å². The van der Waals surface area contributed by atoms with Crippen LogP contribution in [0.1, 0.15) is 5.56 Å². The first-order valence-electron chi connectivity index (χ1n) is 5.00. The maximum absolute atomic E-state index is 11.6. The van der Waals surface area contributed by atoms with E-state index in [0.717, 1.165) is 0 Å². The second-order valence-electron chi connectivity index (χ2n) is 3.71. The van der Waals surface area contributed by atoms with Crippen LogP contribution in [0.15, 0.2) is 29.3 Å². The smallest absolute Gasteiger partial charge is 0.285 e. The number of hydrogen-bond donors (Lipinski definition) is 0. The minimum Gasteiger partial charge on any atom is -0.285 e. The van der Waals surface area contributed by atoms with Gasteiger partial charge in [-0.15, -0.1) is 0 Å². The normalized spacial score (nSPS) is 10.6. The number of aromatic nitrogens is 3. The van der Waals surface area contributed by atoms with E-state index in [2.05, 4.69) is 5.10 Å². The van der Waals surface area contributed by atoms with Gasteiger partial charge in [0, 0.05) is 24.2 Å². The molecule has 0 saturated carbocycles. The monoisotopic (exact) mass is 268 g/mol. The molecular weight excluding hydrogens is 260 g/mol. The van der Waals surface area contributed by atoms with Crippen molar-refractivity contribution >= 4 is 17.3 Å². The third kappa shape index (κ3) is 2.25. The molecule has 2 aromatic rings. The molecule has 2 rings (SSSR count). The van der Waals surface area contributed by atoms with Crippen molar-refractivity contribution in [1.29, 1.82) is 0 Å². The lowest BCUT2D eigenvalue weighted by Crippen LogP contribution is -2.23.